The summed E-state index contributed by atoms with van der Waals surface area (Å²) < 4.78 is 4.60. The van der Waals surface area contributed by atoms with Crippen LogP contribution in [-0.2, 0) is 14.3 Å². The first-order valence-corrected chi connectivity index (χ1v) is 8.09. The molecular formula is C15H20ClNO3S. The van der Waals surface area contributed by atoms with E-state index < -0.39 is 0 Å². The molecule has 0 saturated carbocycles. The third-order valence-corrected chi connectivity index (χ3v) is 4.44. The fraction of sp³-hybridized carbons (Fsp3) is 0.467. The molecule has 4 nitrogen and oxygen atoms in total. The van der Waals surface area contributed by atoms with Crippen LogP contribution in [0.1, 0.15) is 31.9 Å². The Balaban J connectivity index is 2.40. The first-order valence-electron chi connectivity index (χ1n) is 6.66. The van der Waals surface area contributed by atoms with Crippen LogP contribution >= 0.6 is 23.4 Å². The number of methoxy groups -OCH3 is 1. The maximum atomic E-state index is 11.9. The Morgan fingerprint density at radius 2 is 2.00 bits per heavy atom. The molecule has 0 aliphatic carbocycles. The van der Waals surface area contributed by atoms with Crippen molar-refractivity contribution in [1.29, 1.82) is 0 Å². The van der Waals surface area contributed by atoms with Crippen molar-refractivity contribution in [1.82, 2.24) is 5.32 Å². The molecule has 0 aliphatic heterocycles. The molecule has 6 heteroatoms. The zero-order chi connectivity index (χ0) is 15.8. The van der Waals surface area contributed by atoms with Gasteiger partial charge in [-0.05, 0) is 18.6 Å². The molecule has 0 bridgehead atoms. The second-order valence-corrected chi connectivity index (χ2v) is 6.55. The lowest BCUT2D eigenvalue weighted by Gasteiger charge is -2.16. The van der Waals surface area contributed by atoms with Gasteiger partial charge in [0.15, 0.2) is 0 Å². The Kier molecular flexibility index (Phi) is 7.61. The number of nitrogens with one attached hydrogen (secondary N) is 1. The molecule has 0 fully saturated rings. The molecule has 1 N–H and O–H groups in total. The van der Waals surface area contributed by atoms with E-state index in [0.29, 0.717) is 17.2 Å². The summed E-state index contributed by atoms with van der Waals surface area (Å²) in [6.45, 7) is 3.79. The Bertz CT molecular complexity index is 496. The summed E-state index contributed by atoms with van der Waals surface area (Å²) in [5.41, 5.74) is 0.889. The van der Waals surface area contributed by atoms with Gasteiger partial charge in [0.05, 0.1) is 25.3 Å². The highest BCUT2D eigenvalue weighted by molar-refractivity contribution is 8.00. The molecule has 2 atom stereocenters. The van der Waals surface area contributed by atoms with Crippen molar-refractivity contribution in [3.63, 3.8) is 0 Å². The molecule has 0 saturated heterocycles. The summed E-state index contributed by atoms with van der Waals surface area (Å²) in [4.78, 5) is 23.0. The third kappa shape index (κ3) is 6.40. The average molecular weight is 330 g/mol. The van der Waals surface area contributed by atoms with Crippen LogP contribution in [0.15, 0.2) is 24.3 Å². The van der Waals surface area contributed by atoms with Gasteiger partial charge in [0.25, 0.3) is 0 Å². The molecule has 0 aliphatic rings. The predicted octanol–water partition coefficient (Wildman–Crippen LogP) is 3.20. The first-order chi connectivity index (χ1) is 9.93. The largest absolute Gasteiger partial charge is 0.469 e. The number of ether oxygens (including phenoxy) is 1. The van der Waals surface area contributed by atoms with Gasteiger partial charge in [0, 0.05) is 10.3 Å². The van der Waals surface area contributed by atoms with Crippen molar-refractivity contribution in [2.45, 2.75) is 31.6 Å². The van der Waals surface area contributed by atoms with Crippen LogP contribution in [0.4, 0.5) is 0 Å². The maximum Gasteiger partial charge on any atom is 0.306 e. The summed E-state index contributed by atoms with van der Waals surface area (Å²) >= 11 is 7.52. The van der Waals surface area contributed by atoms with E-state index in [1.807, 2.05) is 32.0 Å². The molecule has 2 unspecified atom stereocenters. The second-order valence-electron chi connectivity index (χ2n) is 4.71. The fourth-order valence-corrected chi connectivity index (χ4v) is 2.85. The molecule has 0 heterocycles. The van der Waals surface area contributed by atoms with Crippen LogP contribution in [0.5, 0.6) is 0 Å². The number of rotatable bonds is 7. The van der Waals surface area contributed by atoms with Gasteiger partial charge in [-0.25, -0.2) is 0 Å². The zero-order valence-electron chi connectivity index (χ0n) is 12.4. The fourth-order valence-electron chi connectivity index (χ4n) is 1.78. The number of carbonyl (C=O) groups excluding carboxylic acids is 2. The molecule has 1 aromatic carbocycles. The van der Waals surface area contributed by atoms with Crippen LogP contribution in [0, 0.1) is 0 Å². The SMILES string of the molecule is COC(=O)CC(C)SCC(=O)NC(C)c1ccccc1Cl. The van der Waals surface area contributed by atoms with Gasteiger partial charge in [-0.2, -0.15) is 0 Å². The van der Waals surface area contributed by atoms with E-state index in [9.17, 15) is 9.59 Å². The molecule has 0 radical (unpaired) electrons. The van der Waals surface area contributed by atoms with E-state index in [2.05, 4.69) is 10.1 Å². The normalized spacial score (nSPS) is 13.3. The molecular weight excluding hydrogens is 310 g/mol. The van der Waals surface area contributed by atoms with Crippen LogP contribution in [0.2, 0.25) is 5.02 Å². The molecule has 1 aromatic rings. The van der Waals surface area contributed by atoms with E-state index in [1.165, 1.54) is 18.9 Å². The monoisotopic (exact) mass is 329 g/mol. The molecule has 1 rings (SSSR count). The van der Waals surface area contributed by atoms with Crippen molar-refractivity contribution >= 4 is 35.2 Å². The van der Waals surface area contributed by atoms with Crippen LogP contribution < -0.4 is 5.32 Å². The topological polar surface area (TPSA) is 55.4 Å². The van der Waals surface area contributed by atoms with E-state index in [1.54, 1.807) is 6.07 Å². The Hall–Kier alpha value is -1.20. The van der Waals surface area contributed by atoms with Crippen molar-refractivity contribution < 1.29 is 14.3 Å². The summed E-state index contributed by atoms with van der Waals surface area (Å²) in [5.74, 6) is -0.0450. The highest BCUT2D eigenvalue weighted by Crippen LogP contribution is 2.22. The smallest absolute Gasteiger partial charge is 0.306 e. The molecule has 0 spiro atoms. The predicted molar refractivity (Wildman–Crippen MR) is 86.6 cm³/mol. The summed E-state index contributed by atoms with van der Waals surface area (Å²) in [6, 6.07) is 7.28. The summed E-state index contributed by atoms with van der Waals surface area (Å²) in [6.07, 6.45) is 0.300. The lowest BCUT2D eigenvalue weighted by Crippen LogP contribution is -2.29. The van der Waals surface area contributed by atoms with Gasteiger partial charge in [-0.15, -0.1) is 11.8 Å². The molecule has 0 aromatic heterocycles. The Morgan fingerprint density at radius 3 is 2.62 bits per heavy atom. The molecule has 116 valence electrons. The van der Waals surface area contributed by atoms with Crippen molar-refractivity contribution in [2.75, 3.05) is 12.9 Å². The lowest BCUT2D eigenvalue weighted by atomic mass is 10.1. The lowest BCUT2D eigenvalue weighted by molar-refractivity contribution is -0.140. The van der Waals surface area contributed by atoms with Gasteiger partial charge in [-0.1, -0.05) is 36.7 Å². The van der Waals surface area contributed by atoms with Gasteiger partial charge in [0.1, 0.15) is 0 Å². The molecule has 1 amide bonds. The standard InChI is InChI=1S/C15H20ClNO3S/c1-10(8-15(19)20-3)21-9-14(18)17-11(2)12-6-4-5-7-13(12)16/h4-7,10-11H,8-9H2,1-3H3,(H,17,18). The van der Waals surface area contributed by atoms with E-state index in [4.69, 9.17) is 11.6 Å². The number of esters is 1. The molecule has 21 heavy (non-hydrogen) atoms. The highest BCUT2D eigenvalue weighted by Gasteiger charge is 2.15. The van der Waals surface area contributed by atoms with Crippen molar-refractivity contribution in [3.8, 4) is 0 Å². The van der Waals surface area contributed by atoms with E-state index in [-0.39, 0.29) is 23.2 Å². The van der Waals surface area contributed by atoms with Crippen LogP contribution in [0.25, 0.3) is 0 Å². The maximum absolute atomic E-state index is 11.9. The van der Waals surface area contributed by atoms with Crippen LogP contribution in [0.3, 0.4) is 0 Å². The Labute approximate surface area is 134 Å². The minimum absolute atomic E-state index is 0.0406. The minimum atomic E-state index is -0.264. The second kappa shape index (κ2) is 8.95. The Morgan fingerprint density at radius 1 is 1.33 bits per heavy atom. The number of carbonyl (C=O) groups is 2. The number of thioether (sulfide) groups is 1. The van der Waals surface area contributed by atoms with Gasteiger partial charge < -0.3 is 10.1 Å². The number of halogens is 1. The average Bonchev–Trinajstić information content (AvgIpc) is 2.45. The summed E-state index contributed by atoms with van der Waals surface area (Å²) in [5, 5.41) is 3.58. The number of hydrogen-bond donors (Lipinski definition) is 1. The third-order valence-electron chi connectivity index (χ3n) is 2.93. The van der Waals surface area contributed by atoms with Crippen molar-refractivity contribution in [2.24, 2.45) is 0 Å². The van der Waals surface area contributed by atoms with Crippen LogP contribution in [-0.4, -0.2) is 30.0 Å². The number of amides is 1. The number of hydrogen-bond acceptors (Lipinski definition) is 4. The first kappa shape index (κ1) is 17.9. The van der Waals surface area contributed by atoms with Crippen molar-refractivity contribution in [3.05, 3.63) is 34.9 Å². The summed E-state index contributed by atoms with van der Waals surface area (Å²) in [7, 11) is 1.36. The number of benzene rings is 1. The van der Waals surface area contributed by atoms with Gasteiger partial charge >= 0.3 is 5.97 Å². The van der Waals surface area contributed by atoms with E-state index >= 15 is 0 Å². The minimum Gasteiger partial charge on any atom is -0.469 e. The van der Waals surface area contributed by atoms with E-state index in [0.717, 1.165) is 5.56 Å². The van der Waals surface area contributed by atoms with Gasteiger partial charge in [0.2, 0.25) is 5.91 Å². The zero-order valence-corrected chi connectivity index (χ0v) is 14.0. The van der Waals surface area contributed by atoms with Gasteiger partial charge in [-0.3, -0.25) is 9.59 Å². The highest BCUT2D eigenvalue weighted by atomic mass is 35.5. The quantitative estimate of drug-likeness (QED) is 0.780.